The number of hydrogen-bond donors (Lipinski definition) is 0. The SMILES string of the molecule is C.CC(=O)CC(=O)C(C)(F)F.CC(=O)CC(=O)C(C)Cl.CC(F)(F)C(=O)CC(=O)c1ccc(Cl)cc1Cl.CC(F)C(=O)CC(=O)c1ccc(Cl)cc1.CCC(=O)CC(=O)CCl.CCC(=O)CC(C)=O.CCC(=O)CC(C)=O. The monoisotopic (exact) mass is 1200 g/mol. The maximum atomic E-state index is 12.6. The number of ketones is 14. The molecule has 2 aromatic carbocycles. The Morgan fingerprint density at radius 2 is 0.857 bits per heavy atom. The fourth-order valence-corrected chi connectivity index (χ4v) is 4.92. The highest BCUT2D eigenvalue weighted by Crippen LogP contribution is 2.24. The first-order valence-corrected chi connectivity index (χ1v) is 24.8. The van der Waals surface area contributed by atoms with Crippen molar-refractivity contribution >= 4 is 139 Å². The van der Waals surface area contributed by atoms with Crippen LogP contribution < -0.4 is 0 Å². The fourth-order valence-electron chi connectivity index (χ4n) is 4.11. The number of benzene rings is 2. The van der Waals surface area contributed by atoms with Crippen molar-refractivity contribution in [1.82, 2.24) is 0 Å². The number of hydrogen-bond acceptors (Lipinski definition) is 14. The Morgan fingerprint density at radius 3 is 1.13 bits per heavy atom. The molecule has 0 aromatic heterocycles. The maximum Gasteiger partial charge on any atom is 0.303 e. The number of Topliss-reactive ketones (excluding diaryl/α,β-unsaturated/α-hetero) is 14. The Balaban J connectivity index is -0.000000195. The maximum absolute atomic E-state index is 12.6. The van der Waals surface area contributed by atoms with Crippen LogP contribution in [0.3, 0.4) is 0 Å². The van der Waals surface area contributed by atoms with E-state index in [9.17, 15) is 89.1 Å². The Bertz CT molecular complexity index is 2260. The van der Waals surface area contributed by atoms with E-state index in [-0.39, 0.29) is 102 Å². The minimum Gasteiger partial charge on any atom is -0.300 e. The molecule has 0 aliphatic rings. The number of carbonyl (C=O) groups is 14. The van der Waals surface area contributed by atoms with Gasteiger partial charge in [-0.15, -0.1) is 23.2 Å². The van der Waals surface area contributed by atoms with Gasteiger partial charge in [-0.05, 0) is 84.0 Å². The zero-order chi connectivity index (χ0) is 60.9. The second kappa shape index (κ2) is 44.9. The molecule has 0 saturated carbocycles. The van der Waals surface area contributed by atoms with Crippen molar-refractivity contribution in [2.45, 2.75) is 171 Å². The third-order valence-electron chi connectivity index (χ3n) is 8.37. The Morgan fingerprint density at radius 1 is 0.494 bits per heavy atom. The third-order valence-corrected chi connectivity index (χ3v) is 9.71. The van der Waals surface area contributed by atoms with E-state index >= 15 is 0 Å². The molecule has 2 atom stereocenters. The van der Waals surface area contributed by atoms with E-state index in [1.807, 2.05) is 0 Å². The molecule has 2 aromatic rings. The molecule has 0 bridgehead atoms. The van der Waals surface area contributed by atoms with Gasteiger partial charge < -0.3 is 0 Å². The van der Waals surface area contributed by atoms with E-state index in [1.54, 1.807) is 39.8 Å². The summed E-state index contributed by atoms with van der Waals surface area (Å²) in [5.41, 5.74) is 0.377. The van der Waals surface area contributed by atoms with Gasteiger partial charge in [-0.3, -0.25) is 67.1 Å². The molecule has 24 heteroatoms. The van der Waals surface area contributed by atoms with E-state index in [4.69, 9.17) is 58.0 Å². The number of alkyl halides is 7. The Kier molecular flexibility index (Phi) is 48.5. The van der Waals surface area contributed by atoms with Crippen LogP contribution >= 0.6 is 58.0 Å². The number of halogens is 10. The summed E-state index contributed by atoms with van der Waals surface area (Å²) in [4.78, 5) is 148. The lowest BCUT2D eigenvalue weighted by molar-refractivity contribution is -0.143. The molecule has 0 heterocycles. The van der Waals surface area contributed by atoms with Crippen LogP contribution in [-0.4, -0.2) is 110 Å². The summed E-state index contributed by atoms with van der Waals surface area (Å²) in [5, 5.41) is 0.332. The van der Waals surface area contributed by atoms with Gasteiger partial charge in [0, 0.05) is 54.3 Å². The van der Waals surface area contributed by atoms with E-state index < -0.39 is 71.6 Å². The first kappa shape index (κ1) is 83.2. The minimum absolute atomic E-state index is 0. The van der Waals surface area contributed by atoms with Crippen LogP contribution in [0, 0.1) is 0 Å². The summed E-state index contributed by atoms with van der Waals surface area (Å²) in [6.45, 7) is 14.2. The van der Waals surface area contributed by atoms with Crippen LogP contribution in [-0.2, 0) is 57.5 Å². The molecule has 0 aliphatic heterocycles. The zero-order valence-electron chi connectivity index (χ0n) is 44.0. The lowest BCUT2D eigenvalue weighted by Gasteiger charge is -2.08. The molecule has 77 heavy (non-hydrogen) atoms. The third kappa shape index (κ3) is 50.2. The van der Waals surface area contributed by atoms with Crippen molar-refractivity contribution in [3.05, 3.63) is 68.7 Å². The minimum atomic E-state index is -3.52. The molecule has 0 fully saturated rings. The van der Waals surface area contributed by atoms with Gasteiger partial charge in [0.05, 0.1) is 61.2 Å². The van der Waals surface area contributed by atoms with Gasteiger partial charge >= 0.3 is 11.8 Å². The summed E-state index contributed by atoms with van der Waals surface area (Å²) in [6, 6.07) is 10.1. The van der Waals surface area contributed by atoms with Gasteiger partial charge in [-0.25, -0.2) is 4.39 Å². The first-order chi connectivity index (χ1) is 34.6. The summed E-state index contributed by atoms with van der Waals surface area (Å²) in [6.07, 6.45) is -2.02. The molecule has 0 saturated heterocycles. The summed E-state index contributed by atoms with van der Waals surface area (Å²) in [7, 11) is 0. The topological polar surface area (TPSA) is 239 Å². The second-order valence-electron chi connectivity index (χ2n) is 16.2. The molecule has 434 valence electrons. The fraction of sp³-hybridized carbons (Fsp3) is 0.509. The summed E-state index contributed by atoms with van der Waals surface area (Å²) in [5.74, 6) is -12.7. The predicted molar refractivity (Wildman–Crippen MR) is 287 cm³/mol. The average molecular weight is 1200 g/mol. The van der Waals surface area contributed by atoms with Gasteiger partial charge in [0.15, 0.2) is 35.1 Å². The van der Waals surface area contributed by atoms with Crippen molar-refractivity contribution in [3.8, 4) is 0 Å². The first-order valence-electron chi connectivity index (χ1n) is 22.7. The quantitative estimate of drug-likeness (QED) is 0.0411. The lowest BCUT2D eigenvalue weighted by atomic mass is 10.0. The van der Waals surface area contributed by atoms with Crippen LogP contribution in [0.1, 0.15) is 169 Å². The Labute approximate surface area is 471 Å². The van der Waals surface area contributed by atoms with Gasteiger partial charge in [-0.1, -0.05) is 63.0 Å². The van der Waals surface area contributed by atoms with Crippen LogP contribution in [0.5, 0.6) is 0 Å². The smallest absolute Gasteiger partial charge is 0.300 e. The number of rotatable bonds is 24. The van der Waals surface area contributed by atoms with Gasteiger partial charge in [0.2, 0.25) is 11.6 Å². The molecule has 14 nitrogen and oxygen atoms in total. The molecule has 2 rings (SSSR count). The van der Waals surface area contributed by atoms with Crippen LogP contribution in [0.4, 0.5) is 22.0 Å². The predicted octanol–water partition coefficient (Wildman–Crippen LogP) is 12.7. The highest BCUT2D eigenvalue weighted by Gasteiger charge is 2.34. The molecule has 0 N–H and O–H groups in total. The highest BCUT2D eigenvalue weighted by molar-refractivity contribution is 6.37. The van der Waals surface area contributed by atoms with E-state index in [2.05, 4.69) is 0 Å². The van der Waals surface area contributed by atoms with Crippen molar-refractivity contribution < 1.29 is 89.1 Å². The lowest BCUT2D eigenvalue weighted by Crippen LogP contribution is -2.26. The Hall–Kier alpha value is -5.08. The van der Waals surface area contributed by atoms with Crippen LogP contribution in [0.2, 0.25) is 15.1 Å². The molecule has 0 amide bonds. The van der Waals surface area contributed by atoms with Crippen LogP contribution in [0.25, 0.3) is 0 Å². The largest absolute Gasteiger partial charge is 0.303 e. The summed E-state index contributed by atoms with van der Waals surface area (Å²) >= 11 is 27.5. The standard InChI is InChI=1S/C11H8Cl2F2O2.C11H10ClFO2.2C6H9ClO2.C6H8F2O2.2C6H10O2.CH4/c1-11(14,15)10(17)5-9(16)7-3-2-6(12)4-8(7)13;1-7(13)10(14)6-11(15)8-2-4-9(12)5-3-8;1-4(8)3-6(9)5(2)7;1-2-5(8)3-6(9)4-7;1-4(9)3-5(10)6(2,7)8;2*1-3-6(8)4-5(2)7;/h2-4H,5H2,1H3;2-5,7H,6H2,1H3;5H,3H2,1-2H3;2-4H2,1H3;3H2,1-2H3;2*3-4H2,1-2H3;1H4. The molecule has 0 spiro atoms. The van der Waals surface area contributed by atoms with Crippen LogP contribution in [0.15, 0.2) is 42.5 Å². The second-order valence-corrected chi connectivity index (χ2v) is 18.4. The van der Waals surface area contributed by atoms with Crippen molar-refractivity contribution in [2.75, 3.05) is 5.88 Å². The molecule has 2 unspecified atom stereocenters. The van der Waals surface area contributed by atoms with Crippen molar-refractivity contribution in [1.29, 1.82) is 0 Å². The molecule has 0 radical (unpaired) electrons. The van der Waals surface area contributed by atoms with Gasteiger partial charge in [0.25, 0.3) is 0 Å². The summed E-state index contributed by atoms with van der Waals surface area (Å²) < 4.78 is 61.7. The van der Waals surface area contributed by atoms with Gasteiger partial charge in [-0.2, -0.15) is 17.6 Å². The normalized spacial score (nSPS) is 10.7. The van der Waals surface area contributed by atoms with E-state index in [0.29, 0.717) is 48.7 Å². The average Bonchev–Trinajstić information content (AvgIpc) is 3.28. The molecule has 0 aliphatic carbocycles. The van der Waals surface area contributed by atoms with E-state index in [1.165, 1.54) is 51.1 Å². The zero-order valence-corrected chi connectivity index (χ0v) is 47.7. The number of carbonyl (C=O) groups excluding carboxylic acids is 14. The highest BCUT2D eigenvalue weighted by atomic mass is 35.5. The molecular weight excluding hydrogens is 1130 g/mol. The molecular formula is C53H68Cl5F5O14. The van der Waals surface area contributed by atoms with E-state index in [0.717, 1.165) is 13.8 Å². The van der Waals surface area contributed by atoms with Crippen molar-refractivity contribution in [2.24, 2.45) is 0 Å². The van der Waals surface area contributed by atoms with Crippen molar-refractivity contribution in [3.63, 3.8) is 0 Å². The van der Waals surface area contributed by atoms with Gasteiger partial charge in [0.1, 0.15) is 40.5 Å².